The van der Waals surface area contributed by atoms with Crippen molar-refractivity contribution in [2.24, 2.45) is 5.92 Å². The van der Waals surface area contributed by atoms with Gasteiger partial charge in [0.1, 0.15) is 19.3 Å². The van der Waals surface area contributed by atoms with E-state index in [0.29, 0.717) is 25.7 Å². The van der Waals surface area contributed by atoms with E-state index in [-0.39, 0.29) is 25.7 Å². The summed E-state index contributed by atoms with van der Waals surface area (Å²) in [6, 6.07) is 0. The normalized spacial score (nSPS) is 14.3. The van der Waals surface area contributed by atoms with Crippen molar-refractivity contribution in [2.45, 2.75) is 412 Å². The van der Waals surface area contributed by atoms with Crippen molar-refractivity contribution in [3.63, 3.8) is 0 Å². The summed E-state index contributed by atoms with van der Waals surface area (Å²) in [5.74, 6) is -1.40. The fraction of sp³-hybridized carbons (Fsp3) is 0.947. The zero-order valence-electron chi connectivity index (χ0n) is 61.1. The molecule has 19 heteroatoms. The van der Waals surface area contributed by atoms with Crippen LogP contribution in [0.5, 0.6) is 0 Å². The van der Waals surface area contributed by atoms with Gasteiger partial charge in [-0.15, -0.1) is 0 Å². The van der Waals surface area contributed by atoms with Crippen LogP contribution in [0.1, 0.15) is 394 Å². The van der Waals surface area contributed by atoms with E-state index in [2.05, 4.69) is 34.6 Å². The average Bonchev–Trinajstić information content (AvgIpc) is 1.48. The third-order valence-electron chi connectivity index (χ3n) is 17.9. The maximum atomic E-state index is 13.1. The minimum absolute atomic E-state index is 0.104. The van der Waals surface area contributed by atoms with Crippen molar-refractivity contribution in [1.29, 1.82) is 0 Å². The van der Waals surface area contributed by atoms with E-state index in [1.54, 1.807) is 0 Å². The maximum Gasteiger partial charge on any atom is 0.472 e. The van der Waals surface area contributed by atoms with Gasteiger partial charge in [-0.2, -0.15) is 0 Å². The number of ether oxygens (including phenoxy) is 4. The summed E-state index contributed by atoms with van der Waals surface area (Å²) in [4.78, 5) is 72.7. The van der Waals surface area contributed by atoms with Crippen LogP contribution in [-0.2, 0) is 65.4 Å². The van der Waals surface area contributed by atoms with Gasteiger partial charge < -0.3 is 33.8 Å². The number of hydrogen-bond acceptors (Lipinski definition) is 15. The van der Waals surface area contributed by atoms with Gasteiger partial charge in [-0.3, -0.25) is 37.3 Å². The molecule has 0 aromatic rings. The molecular formula is C75H146O17P2. The Morgan fingerprint density at radius 2 is 0.511 bits per heavy atom. The molecule has 0 aromatic heterocycles. The van der Waals surface area contributed by atoms with E-state index >= 15 is 0 Å². The lowest BCUT2D eigenvalue weighted by Crippen LogP contribution is -2.30. The van der Waals surface area contributed by atoms with E-state index in [0.717, 1.165) is 95.8 Å². The first-order chi connectivity index (χ1) is 45.6. The number of carbonyl (C=O) groups is 4. The van der Waals surface area contributed by atoms with Crippen LogP contribution < -0.4 is 0 Å². The highest BCUT2D eigenvalue weighted by Crippen LogP contribution is 2.45. The van der Waals surface area contributed by atoms with Crippen LogP contribution in [0.25, 0.3) is 0 Å². The molecule has 0 aliphatic carbocycles. The van der Waals surface area contributed by atoms with Gasteiger partial charge in [-0.25, -0.2) is 9.13 Å². The fourth-order valence-electron chi connectivity index (χ4n) is 11.5. The smallest absolute Gasteiger partial charge is 0.462 e. The Balaban J connectivity index is 5.22. The molecule has 0 aliphatic rings. The van der Waals surface area contributed by atoms with Crippen LogP contribution in [0.15, 0.2) is 0 Å². The lowest BCUT2D eigenvalue weighted by atomic mass is 10.00. The number of aliphatic hydroxyl groups is 1. The molecule has 0 rings (SSSR count). The van der Waals surface area contributed by atoms with Gasteiger partial charge >= 0.3 is 39.5 Å². The van der Waals surface area contributed by atoms with Crippen molar-refractivity contribution in [3.8, 4) is 0 Å². The van der Waals surface area contributed by atoms with Crippen LogP contribution in [0.4, 0.5) is 0 Å². The van der Waals surface area contributed by atoms with E-state index in [1.165, 1.54) is 218 Å². The van der Waals surface area contributed by atoms with Gasteiger partial charge in [0.25, 0.3) is 0 Å². The summed E-state index contributed by atoms with van der Waals surface area (Å²) in [5, 5.41) is 10.6. The third-order valence-corrected chi connectivity index (χ3v) is 19.8. The molecule has 0 bridgehead atoms. The zero-order valence-corrected chi connectivity index (χ0v) is 62.9. The Bertz CT molecular complexity index is 1810. The Kier molecular flexibility index (Phi) is 66.8. The molecule has 6 atom stereocenters. The number of esters is 4. The second-order valence-corrected chi connectivity index (χ2v) is 30.2. The molecule has 0 fully saturated rings. The number of aliphatic hydroxyl groups excluding tert-OH is 1. The monoisotopic (exact) mass is 1380 g/mol. The largest absolute Gasteiger partial charge is 0.472 e. The van der Waals surface area contributed by atoms with E-state index in [4.69, 9.17) is 37.0 Å². The van der Waals surface area contributed by atoms with Gasteiger partial charge in [0, 0.05) is 25.7 Å². The standard InChI is InChI=1S/C75H146O17P2/c1-6-10-13-16-19-22-25-27-29-31-32-34-36-38-41-44-50-55-60-74(79)91-70(64-85-73(78)59-54-49-43-40-37-35-33-30-28-26-23-20-17-14-11-7-2)66-89-93(81,82)87-62-69(76)63-88-94(83,84)90-67-71(92-75(80)61-56-51-46-45-47-52-57-68(5)9-4)65-86-72(77)58-53-48-42-39-24-21-18-15-12-8-3/h68-71,76H,6-67H2,1-5H3,(H,81,82)(H,83,84)/t68?,69-,70-,71-/m1/s1. The van der Waals surface area contributed by atoms with E-state index in [1.807, 2.05) is 0 Å². The van der Waals surface area contributed by atoms with Crippen molar-refractivity contribution < 1.29 is 80.2 Å². The topological polar surface area (TPSA) is 237 Å². The summed E-state index contributed by atoms with van der Waals surface area (Å²) in [7, 11) is -9.91. The second kappa shape index (κ2) is 68.2. The second-order valence-electron chi connectivity index (χ2n) is 27.3. The fourth-order valence-corrected chi connectivity index (χ4v) is 13.1. The molecule has 0 radical (unpaired) electrons. The molecule has 0 heterocycles. The van der Waals surface area contributed by atoms with Crippen molar-refractivity contribution >= 4 is 39.5 Å². The number of unbranched alkanes of at least 4 members (excludes halogenated alkanes) is 46. The van der Waals surface area contributed by atoms with Crippen molar-refractivity contribution in [3.05, 3.63) is 0 Å². The number of hydrogen-bond donors (Lipinski definition) is 3. The number of phosphoric acid groups is 2. The molecule has 0 amide bonds. The first-order valence-corrected chi connectivity index (χ1v) is 42.2. The molecule has 3 N–H and O–H groups in total. The van der Waals surface area contributed by atoms with Crippen LogP contribution in [0.3, 0.4) is 0 Å². The molecule has 17 nitrogen and oxygen atoms in total. The van der Waals surface area contributed by atoms with Crippen LogP contribution in [0.2, 0.25) is 0 Å². The quantitative estimate of drug-likeness (QED) is 0.0222. The summed E-state index contributed by atoms with van der Waals surface area (Å²) in [6.45, 7) is 7.23. The summed E-state index contributed by atoms with van der Waals surface area (Å²) >= 11 is 0. The lowest BCUT2D eigenvalue weighted by molar-refractivity contribution is -0.161. The van der Waals surface area contributed by atoms with Gasteiger partial charge in [-0.1, -0.05) is 343 Å². The Morgan fingerprint density at radius 1 is 0.298 bits per heavy atom. The van der Waals surface area contributed by atoms with Crippen LogP contribution in [-0.4, -0.2) is 96.7 Å². The molecule has 0 saturated heterocycles. The maximum absolute atomic E-state index is 13.1. The Hall–Kier alpha value is -1.94. The molecule has 3 unspecified atom stereocenters. The molecular weight excluding hydrogens is 1230 g/mol. The molecule has 94 heavy (non-hydrogen) atoms. The van der Waals surface area contributed by atoms with Gasteiger partial charge in [0.05, 0.1) is 26.4 Å². The first-order valence-electron chi connectivity index (χ1n) is 39.2. The van der Waals surface area contributed by atoms with Gasteiger partial charge in [0.15, 0.2) is 12.2 Å². The summed E-state index contributed by atoms with van der Waals surface area (Å²) in [6.07, 6.45) is 56.9. The van der Waals surface area contributed by atoms with Gasteiger partial charge in [0.2, 0.25) is 0 Å². The SMILES string of the molecule is CCCCCCCCCCCCCCCCCCCCC(=O)O[C@H](COC(=O)CCCCCCCCCCCCCCCCCC)COP(=O)(O)OC[C@@H](O)COP(=O)(O)OC[C@@H](COC(=O)CCCCCCCCCCCC)OC(=O)CCCCCCCCC(C)CC. The number of carbonyl (C=O) groups excluding carboxylic acids is 4. The zero-order chi connectivity index (χ0) is 69.1. The molecule has 0 spiro atoms. The summed E-state index contributed by atoms with van der Waals surface area (Å²) < 4.78 is 68.4. The van der Waals surface area contributed by atoms with Gasteiger partial charge in [-0.05, 0) is 31.6 Å². The van der Waals surface area contributed by atoms with Crippen molar-refractivity contribution in [2.75, 3.05) is 39.6 Å². The molecule has 558 valence electrons. The molecule has 0 aliphatic heterocycles. The highest BCUT2D eigenvalue weighted by molar-refractivity contribution is 7.47. The van der Waals surface area contributed by atoms with Crippen LogP contribution >= 0.6 is 15.6 Å². The van der Waals surface area contributed by atoms with Crippen LogP contribution in [0, 0.1) is 5.92 Å². The van der Waals surface area contributed by atoms with E-state index in [9.17, 15) is 43.2 Å². The Morgan fingerprint density at radius 3 is 0.755 bits per heavy atom. The molecule has 0 aromatic carbocycles. The van der Waals surface area contributed by atoms with Crippen molar-refractivity contribution in [1.82, 2.24) is 0 Å². The molecule has 0 saturated carbocycles. The minimum atomic E-state index is -4.96. The average molecular weight is 1380 g/mol. The predicted molar refractivity (Wildman–Crippen MR) is 382 cm³/mol. The number of rotatable bonds is 75. The Labute approximate surface area is 575 Å². The lowest BCUT2D eigenvalue weighted by Gasteiger charge is -2.21. The number of phosphoric ester groups is 2. The third kappa shape index (κ3) is 67.3. The highest BCUT2D eigenvalue weighted by atomic mass is 31.2. The predicted octanol–water partition coefficient (Wildman–Crippen LogP) is 22.1. The minimum Gasteiger partial charge on any atom is -0.462 e. The summed E-state index contributed by atoms with van der Waals surface area (Å²) in [5.41, 5.74) is 0. The highest BCUT2D eigenvalue weighted by Gasteiger charge is 2.30. The van der Waals surface area contributed by atoms with E-state index < -0.39 is 97.5 Å². The first kappa shape index (κ1) is 92.1.